The highest BCUT2D eigenvalue weighted by Gasteiger charge is 2.12. The van der Waals surface area contributed by atoms with E-state index in [-0.39, 0.29) is 12.6 Å². The summed E-state index contributed by atoms with van der Waals surface area (Å²) in [7, 11) is 0. The summed E-state index contributed by atoms with van der Waals surface area (Å²) in [5, 5.41) is 13.6. The molecule has 74 valence electrons. The van der Waals surface area contributed by atoms with Gasteiger partial charge in [0.25, 0.3) is 0 Å². The Morgan fingerprint density at radius 2 is 2.38 bits per heavy atom. The molecule has 0 bridgehead atoms. The minimum absolute atomic E-state index is 0.0468. The number of aliphatic hydroxyl groups excluding tert-OH is 1. The molecule has 4 nitrogen and oxygen atoms in total. The maximum atomic E-state index is 9.05. The number of hydrogen-bond acceptors (Lipinski definition) is 5. The second kappa shape index (κ2) is 4.43. The molecule has 13 heavy (non-hydrogen) atoms. The molecule has 0 aliphatic carbocycles. The smallest absolute Gasteiger partial charge is 0.184 e. The summed E-state index contributed by atoms with van der Waals surface area (Å²) in [4.78, 5) is 4.06. The van der Waals surface area contributed by atoms with E-state index in [0.29, 0.717) is 10.9 Å². The highest BCUT2D eigenvalue weighted by Crippen LogP contribution is 2.21. The van der Waals surface area contributed by atoms with E-state index >= 15 is 0 Å². The fraction of sp³-hybridized carbons (Fsp3) is 0.625. The van der Waals surface area contributed by atoms with Gasteiger partial charge in [0.05, 0.1) is 18.8 Å². The van der Waals surface area contributed by atoms with Crippen molar-refractivity contribution in [2.75, 3.05) is 17.7 Å². The van der Waals surface area contributed by atoms with E-state index < -0.39 is 0 Å². The van der Waals surface area contributed by atoms with Crippen LogP contribution in [-0.2, 0) is 0 Å². The first-order chi connectivity index (χ1) is 6.13. The minimum Gasteiger partial charge on any atom is -0.394 e. The first-order valence-corrected chi connectivity index (χ1v) is 5.04. The molecule has 1 heterocycles. The van der Waals surface area contributed by atoms with E-state index in [0.717, 1.165) is 5.13 Å². The Hall–Kier alpha value is -0.810. The molecule has 1 atom stereocenters. The van der Waals surface area contributed by atoms with Crippen molar-refractivity contribution in [3.05, 3.63) is 6.20 Å². The van der Waals surface area contributed by atoms with Gasteiger partial charge in [-0.15, -0.1) is 0 Å². The van der Waals surface area contributed by atoms with Gasteiger partial charge in [-0.1, -0.05) is 25.2 Å². The van der Waals surface area contributed by atoms with Crippen LogP contribution >= 0.6 is 11.3 Å². The molecular formula is C8H15N3OS. The lowest BCUT2D eigenvalue weighted by Gasteiger charge is -2.18. The zero-order valence-corrected chi connectivity index (χ0v) is 8.64. The molecule has 0 aliphatic rings. The second-order valence-corrected chi connectivity index (χ2v) is 4.31. The summed E-state index contributed by atoms with van der Waals surface area (Å²) in [5.74, 6) is 0.370. The number of nitrogens with two attached hydrogens (primary N) is 1. The number of aliphatic hydroxyl groups is 1. The van der Waals surface area contributed by atoms with Gasteiger partial charge in [0.1, 0.15) is 5.00 Å². The van der Waals surface area contributed by atoms with Crippen molar-refractivity contribution in [3.63, 3.8) is 0 Å². The van der Waals surface area contributed by atoms with Crippen LogP contribution in [0.1, 0.15) is 13.8 Å². The molecule has 1 rings (SSSR count). The van der Waals surface area contributed by atoms with E-state index in [4.69, 9.17) is 10.8 Å². The number of rotatable bonds is 4. The third kappa shape index (κ3) is 2.86. The maximum absolute atomic E-state index is 9.05. The molecule has 1 aromatic heterocycles. The quantitative estimate of drug-likeness (QED) is 0.683. The van der Waals surface area contributed by atoms with Gasteiger partial charge in [0, 0.05) is 0 Å². The highest BCUT2D eigenvalue weighted by atomic mass is 32.1. The van der Waals surface area contributed by atoms with Crippen LogP contribution < -0.4 is 11.1 Å². The second-order valence-electron chi connectivity index (χ2n) is 3.25. The molecule has 0 saturated carbocycles. The van der Waals surface area contributed by atoms with Crippen molar-refractivity contribution in [2.45, 2.75) is 19.9 Å². The molecule has 0 amide bonds. The normalized spacial score (nSPS) is 13.2. The largest absolute Gasteiger partial charge is 0.394 e. The fourth-order valence-electron chi connectivity index (χ4n) is 0.935. The van der Waals surface area contributed by atoms with Crippen LogP contribution in [0, 0.1) is 5.92 Å². The zero-order chi connectivity index (χ0) is 9.84. The van der Waals surface area contributed by atoms with Gasteiger partial charge in [-0.3, -0.25) is 0 Å². The van der Waals surface area contributed by atoms with Crippen molar-refractivity contribution in [1.82, 2.24) is 4.98 Å². The highest BCUT2D eigenvalue weighted by molar-refractivity contribution is 7.19. The van der Waals surface area contributed by atoms with Crippen LogP contribution in [0.4, 0.5) is 10.1 Å². The molecule has 4 N–H and O–H groups in total. The van der Waals surface area contributed by atoms with Crippen LogP contribution in [0.2, 0.25) is 0 Å². The monoisotopic (exact) mass is 201 g/mol. The van der Waals surface area contributed by atoms with Gasteiger partial charge in [0.15, 0.2) is 5.13 Å². The predicted octanol–water partition coefficient (Wildman–Crippen LogP) is 1.15. The number of thiazole rings is 1. The number of nitrogens with one attached hydrogen (secondary N) is 1. The Morgan fingerprint density at radius 3 is 2.77 bits per heavy atom. The Bertz CT molecular complexity index is 262. The first kappa shape index (κ1) is 10.3. The number of nitrogen functional groups attached to an aromatic ring is 1. The maximum Gasteiger partial charge on any atom is 0.184 e. The van der Waals surface area contributed by atoms with Crippen molar-refractivity contribution >= 4 is 21.5 Å². The molecule has 0 aromatic carbocycles. The first-order valence-electron chi connectivity index (χ1n) is 4.22. The molecular weight excluding hydrogens is 186 g/mol. The van der Waals surface area contributed by atoms with Gasteiger partial charge in [0.2, 0.25) is 0 Å². The van der Waals surface area contributed by atoms with E-state index in [1.54, 1.807) is 6.20 Å². The molecule has 5 heteroatoms. The summed E-state index contributed by atoms with van der Waals surface area (Å²) in [6.07, 6.45) is 1.61. The third-order valence-electron chi connectivity index (χ3n) is 1.83. The lowest BCUT2D eigenvalue weighted by Crippen LogP contribution is -2.29. The topological polar surface area (TPSA) is 71.2 Å². The Balaban J connectivity index is 2.56. The van der Waals surface area contributed by atoms with Crippen LogP contribution in [0.25, 0.3) is 0 Å². The minimum atomic E-state index is 0.0468. The van der Waals surface area contributed by atoms with E-state index in [2.05, 4.69) is 10.3 Å². The van der Waals surface area contributed by atoms with Crippen LogP contribution in [0.3, 0.4) is 0 Å². The Morgan fingerprint density at radius 1 is 1.69 bits per heavy atom. The number of anilines is 2. The number of aromatic nitrogens is 1. The van der Waals surface area contributed by atoms with Crippen LogP contribution in [0.5, 0.6) is 0 Å². The third-order valence-corrected chi connectivity index (χ3v) is 2.59. The summed E-state index contributed by atoms with van der Waals surface area (Å²) in [6.45, 7) is 4.20. The van der Waals surface area contributed by atoms with Crippen molar-refractivity contribution in [2.24, 2.45) is 5.92 Å². The average molecular weight is 201 g/mol. The van der Waals surface area contributed by atoms with Crippen molar-refractivity contribution in [3.8, 4) is 0 Å². The SMILES string of the molecule is CC(C)C(CO)Nc1ncc(N)s1. The van der Waals surface area contributed by atoms with Gasteiger partial charge in [-0.25, -0.2) is 4.98 Å². The fourth-order valence-corrected chi connectivity index (χ4v) is 1.58. The summed E-state index contributed by atoms with van der Waals surface area (Å²) < 4.78 is 0. The average Bonchev–Trinajstić information content (AvgIpc) is 2.46. The lowest BCUT2D eigenvalue weighted by atomic mass is 10.1. The summed E-state index contributed by atoms with van der Waals surface area (Å²) >= 11 is 1.39. The molecule has 0 fully saturated rings. The molecule has 0 saturated heterocycles. The Labute approximate surface area is 81.8 Å². The van der Waals surface area contributed by atoms with E-state index in [9.17, 15) is 0 Å². The van der Waals surface area contributed by atoms with Gasteiger partial charge < -0.3 is 16.2 Å². The van der Waals surface area contributed by atoms with Gasteiger partial charge in [-0.05, 0) is 5.92 Å². The van der Waals surface area contributed by atoms with Crippen LogP contribution in [0.15, 0.2) is 6.20 Å². The summed E-state index contributed by atoms with van der Waals surface area (Å²) in [5.41, 5.74) is 5.53. The van der Waals surface area contributed by atoms with Gasteiger partial charge >= 0.3 is 0 Å². The molecule has 1 unspecified atom stereocenters. The van der Waals surface area contributed by atoms with Gasteiger partial charge in [-0.2, -0.15) is 0 Å². The molecule has 0 radical (unpaired) electrons. The van der Waals surface area contributed by atoms with E-state index in [1.807, 2.05) is 13.8 Å². The number of nitrogens with zero attached hydrogens (tertiary/aromatic N) is 1. The standard InChI is InChI=1S/C8H15N3OS/c1-5(2)6(4-12)11-8-10-3-7(9)13-8/h3,5-6,12H,4,9H2,1-2H3,(H,10,11). The molecule has 1 aromatic rings. The number of hydrogen-bond donors (Lipinski definition) is 3. The Kier molecular flexibility index (Phi) is 3.50. The predicted molar refractivity (Wildman–Crippen MR) is 55.9 cm³/mol. The lowest BCUT2D eigenvalue weighted by molar-refractivity contribution is 0.249. The van der Waals surface area contributed by atoms with E-state index in [1.165, 1.54) is 11.3 Å². The summed E-state index contributed by atoms with van der Waals surface area (Å²) in [6, 6.07) is 0.0468. The molecule has 0 aliphatic heterocycles. The van der Waals surface area contributed by atoms with Crippen LogP contribution in [-0.4, -0.2) is 22.7 Å². The van der Waals surface area contributed by atoms with Crippen molar-refractivity contribution < 1.29 is 5.11 Å². The zero-order valence-electron chi connectivity index (χ0n) is 7.82. The van der Waals surface area contributed by atoms with Crippen molar-refractivity contribution in [1.29, 1.82) is 0 Å². The molecule has 0 spiro atoms.